The van der Waals surface area contributed by atoms with Gasteiger partial charge < -0.3 is 28.8 Å². The molecular formula is C27H29NO6. The summed E-state index contributed by atoms with van der Waals surface area (Å²) in [5, 5.41) is 11.2. The van der Waals surface area contributed by atoms with Gasteiger partial charge in [0.15, 0.2) is 34.5 Å². The summed E-state index contributed by atoms with van der Waals surface area (Å²) in [7, 11) is 6.48. The number of fused-ring (bicyclic) bond motifs is 2. The van der Waals surface area contributed by atoms with Crippen molar-refractivity contribution in [1.29, 1.82) is 0 Å². The Balaban J connectivity index is 1.58. The molecule has 0 amide bonds. The van der Waals surface area contributed by atoms with E-state index in [0.717, 1.165) is 41.6 Å². The minimum Gasteiger partial charge on any atom is -0.504 e. The molecule has 5 rings (SSSR count). The summed E-state index contributed by atoms with van der Waals surface area (Å²) in [4.78, 5) is 2.31. The minimum absolute atomic E-state index is 0.0378. The highest BCUT2D eigenvalue weighted by atomic mass is 16.5. The molecular weight excluding hydrogens is 434 g/mol. The highest BCUT2D eigenvalue weighted by Crippen LogP contribution is 2.53. The maximum atomic E-state index is 11.2. The Kier molecular flexibility index (Phi) is 5.87. The molecule has 3 aromatic carbocycles. The first-order valence-electron chi connectivity index (χ1n) is 11.3. The van der Waals surface area contributed by atoms with Crippen molar-refractivity contribution in [2.24, 2.45) is 0 Å². The Morgan fingerprint density at radius 1 is 0.824 bits per heavy atom. The van der Waals surface area contributed by atoms with E-state index in [9.17, 15) is 5.11 Å². The maximum absolute atomic E-state index is 11.2. The number of methoxy groups -OCH3 is 4. The number of para-hydroxylation sites is 2. The predicted octanol–water partition coefficient (Wildman–Crippen LogP) is 4.59. The van der Waals surface area contributed by atoms with E-state index in [4.69, 9.17) is 23.7 Å². The summed E-state index contributed by atoms with van der Waals surface area (Å²) in [5.41, 5.74) is 5.11. The molecule has 1 atom stereocenters. The zero-order valence-electron chi connectivity index (χ0n) is 19.9. The normalized spacial score (nSPS) is 16.3. The molecule has 0 spiro atoms. The Labute approximate surface area is 199 Å². The van der Waals surface area contributed by atoms with E-state index in [0.29, 0.717) is 35.5 Å². The molecule has 0 bridgehead atoms. The Hall–Kier alpha value is -3.58. The van der Waals surface area contributed by atoms with Crippen LogP contribution in [0.2, 0.25) is 0 Å². The summed E-state index contributed by atoms with van der Waals surface area (Å²) in [6.07, 6.45) is 1.59. The first-order valence-corrected chi connectivity index (χ1v) is 11.3. The summed E-state index contributed by atoms with van der Waals surface area (Å²) >= 11 is 0. The van der Waals surface area contributed by atoms with Crippen molar-refractivity contribution in [2.45, 2.75) is 18.9 Å². The Bertz CT molecular complexity index is 1220. The van der Waals surface area contributed by atoms with Gasteiger partial charge >= 0.3 is 0 Å². The molecule has 3 aromatic rings. The molecule has 7 heteroatoms. The number of hydrogen-bond donors (Lipinski definition) is 1. The molecule has 0 radical (unpaired) electrons. The van der Waals surface area contributed by atoms with Crippen LogP contribution in [0.15, 0.2) is 42.5 Å². The highest BCUT2D eigenvalue weighted by Gasteiger charge is 2.38. The lowest BCUT2D eigenvalue weighted by atomic mass is 9.76. The monoisotopic (exact) mass is 463 g/mol. The van der Waals surface area contributed by atoms with Gasteiger partial charge in [-0.05, 0) is 65.4 Å². The molecule has 2 aliphatic rings. The van der Waals surface area contributed by atoms with Gasteiger partial charge in [0.25, 0.3) is 0 Å². The van der Waals surface area contributed by atoms with E-state index < -0.39 is 0 Å². The second kappa shape index (κ2) is 8.99. The van der Waals surface area contributed by atoms with Crippen molar-refractivity contribution in [3.05, 3.63) is 59.2 Å². The van der Waals surface area contributed by atoms with Crippen LogP contribution in [0.1, 0.15) is 22.7 Å². The molecule has 1 aliphatic heterocycles. The first-order chi connectivity index (χ1) is 16.6. The van der Waals surface area contributed by atoms with E-state index in [1.807, 2.05) is 42.5 Å². The molecule has 0 saturated heterocycles. The van der Waals surface area contributed by atoms with Crippen molar-refractivity contribution in [1.82, 2.24) is 4.90 Å². The third-order valence-electron chi connectivity index (χ3n) is 6.80. The molecule has 0 aromatic heterocycles. The van der Waals surface area contributed by atoms with Crippen LogP contribution < -0.4 is 23.7 Å². The largest absolute Gasteiger partial charge is 0.504 e. The predicted molar refractivity (Wildman–Crippen MR) is 129 cm³/mol. The molecule has 34 heavy (non-hydrogen) atoms. The summed E-state index contributed by atoms with van der Waals surface area (Å²) in [5.74, 6) is 3.33. The van der Waals surface area contributed by atoms with Crippen LogP contribution in [0.5, 0.6) is 34.5 Å². The second-order valence-electron chi connectivity index (χ2n) is 8.45. The average molecular weight is 464 g/mol. The van der Waals surface area contributed by atoms with Crippen LogP contribution in [-0.4, -0.2) is 51.7 Å². The number of aromatic hydroxyl groups is 1. The third kappa shape index (κ3) is 3.56. The van der Waals surface area contributed by atoms with E-state index in [-0.39, 0.29) is 11.8 Å². The van der Waals surface area contributed by atoms with Crippen LogP contribution in [0.25, 0.3) is 11.1 Å². The molecule has 0 fully saturated rings. The standard InChI is InChI=1S/C27H29NO6/c1-30-20-7-5-6-8-21(20)34-15-28-10-9-16-12-24(33-4)27(29)26-18-14-23(32-3)22(31-2)13-17(18)11-19(28)25(16)26/h5-8,12-14,19,29H,9-11,15H2,1-4H3. The average Bonchev–Trinajstić information content (AvgIpc) is 2.88. The number of hydrogen-bond acceptors (Lipinski definition) is 7. The fraction of sp³-hybridized carbons (Fsp3) is 0.333. The van der Waals surface area contributed by atoms with Crippen molar-refractivity contribution >= 4 is 0 Å². The number of ether oxygens (including phenoxy) is 5. The van der Waals surface area contributed by atoms with Crippen LogP contribution in [0.4, 0.5) is 0 Å². The van der Waals surface area contributed by atoms with E-state index in [1.54, 1.807) is 28.4 Å². The molecule has 1 N–H and O–H groups in total. The zero-order chi connectivity index (χ0) is 23.8. The van der Waals surface area contributed by atoms with Crippen LogP contribution >= 0.6 is 0 Å². The van der Waals surface area contributed by atoms with Crippen molar-refractivity contribution < 1.29 is 28.8 Å². The SMILES string of the molecule is COc1cc2c(cc1OC)-c1c(O)c(OC)cc3c1C(C2)N(COc1ccccc1OC)CC3. The van der Waals surface area contributed by atoms with Gasteiger partial charge in [0.1, 0.15) is 6.73 Å². The fourth-order valence-corrected chi connectivity index (χ4v) is 5.14. The lowest BCUT2D eigenvalue weighted by Crippen LogP contribution is -2.40. The van der Waals surface area contributed by atoms with Crippen LogP contribution in [-0.2, 0) is 12.8 Å². The van der Waals surface area contributed by atoms with Gasteiger partial charge in [-0.3, -0.25) is 4.90 Å². The molecule has 1 heterocycles. The molecule has 1 aliphatic carbocycles. The molecule has 7 nitrogen and oxygen atoms in total. The Morgan fingerprint density at radius 2 is 1.47 bits per heavy atom. The number of phenols is 1. The van der Waals surface area contributed by atoms with Crippen LogP contribution in [0.3, 0.4) is 0 Å². The lowest BCUT2D eigenvalue weighted by Gasteiger charge is -2.41. The Morgan fingerprint density at radius 3 is 2.18 bits per heavy atom. The topological polar surface area (TPSA) is 69.6 Å². The zero-order valence-corrected chi connectivity index (χ0v) is 19.9. The van der Waals surface area contributed by atoms with Crippen molar-refractivity contribution in [3.8, 4) is 45.6 Å². The van der Waals surface area contributed by atoms with Crippen LogP contribution in [0, 0.1) is 0 Å². The molecule has 1 unspecified atom stereocenters. The fourth-order valence-electron chi connectivity index (χ4n) is 5.14. The van der Waals surface area contributed by atoms with Gasteiger partial charge in [-0.25, -0.2) is 0 Å². The quantitative estimate of drug-likeness (QED) is 0.550. The maximum Gasteiger partial charge on any atom is 0.166 e. The second-order valence-corrected chi connectivity index (χ2v) is 8.45. The summed E-state index contributed by atoms with van der Waals surface area (Å²) in [6.45, 7) is 1.22. The number of nitrogens with zero attached hydrogens (tertiary/aromatic N) is 1. The van der Waals surface area contributed by atoms with Gasteiger partial charge in [-0.1, -0.05) is 12.1 Å². The van der Waals surface area contributed by atoms with Gasteiger partial charge in [0, 0.05) is 18.2 Å². The summed E-state index contributed by atoms with van der Waals surface area (Å²) < 4.78 is 28.3. The van der Waals surface area contributed by atoms with Gasteiger partial charge in [-0.15, -0.1) is 0 Å². The van der Waals surface area contributed by atoms with Crippen molar-refractivity contribution in [2.75, 3.05) is 41.7 Å². The van der Waals surface area contributed by atoms with E-state index >= 15 is 0 Å². The summed E-state index contributed by atoms with van der Waals surface area (Å²) in [6, 6.07) is 13.6. The van der Waals surface area contributed by atoms with Gasteiger partial charge in [-0.2, -0.15) is 0 Å². The van der Waals surface area contributed by atoms with Crippen molar-refractivity contribution in [3.63, 3.8) is 0 Å². The minimum atomic E-state index is 0.0378. The number of rotatable bonds is 7. The smallest absolute Gasteiger partial charge is 0.166 e. The number of benzene rings is 3. The third-order valence-corrected chi connectivity index (χ3v) is 6.80. The van der Waals surface area contributed by atoms with E-state index in [2.05, 4.69) is 4.90 Å². The first kappa shape index (κ1) is 22.2. The van der Waals surface area contributed by atoms with Gasteiger partial charge in [0.2, 0.25) is 0 Å². The van der Waals surface area contributed by atoms with E-state index in [1.165, 1.54) is 5.56 Å². The molecule has 0 saturated carbocycles. The molecule has 178 valence electrons. The number of phenolic OH excluding ortho intramolecular Hbond substituents is 1. The van der Waals surface area contributed by atoms with Gasteiger partial charge in [0.05, 0.1) is 28.4 Å². The lowest BCUT2D eigenvalue weighted by molar-refractivity contribution is 0.0736. The highest BCUT2D eigenvalue weighted by molar-refractivity contribution is 5.84.